The van der Waals surface area contributed by atoms with Crippen LogP contribution in [0.5, 0.6) is 5.75 Å². The third kappa shape index (κ3) is 3.62. The highest BCUT2D eigenvalue weighted by molar-refractivity contribution is 6.16. The smallest absolute Gasteiger partial charge is 0.253 e. The number of nitrogens with two attached hydrogens (primary N) is 1. The second-order valence-electron chi connectivity index (χ2n) is 13.6. The fraction of sp³-hybridized carbons (Fsp3) is 0.567. The number of nitrogens with zero attached hydrogens (tertiary/aromatic N) is 3. The number of benzene rings is 1. The molecule has 2 spiro atoms. The van der Waals surface area contributed by atoms with Gasteiger partial charge in [0.2, 0.25) is 11.7 Å². The van der Waals surface area contributed by atoms with Gasteiger partial charge >= 0.3 is 0 Å². The van der Waals surface area contributed by atoms with E-state index >= 15 is 0 Å². The summed E-state index contributed by atoms with van der Waals surface area (Å²) < 4.78 is 5.74. The summed E-state index contributed by atoms with van der Waals surface area (Å²) >= 11 is 0. The Morgan fingerprint density at radius 2 is 1.84 bits per heavy atom. The molecular weight excluding hydrogens is 558 g/mol. The van der Waals surface area contributed by atoms with Crippen LogP contribution in [0.3, 0.4) is 0 Å². The molecule has 0 bridgehead atoms. The number of amides is 2. The van der Waals surface area contributed by atoms with E-state index in [0.717, 1.165) is 13.1 Å². The SMILES string of the molecule is CN(C)c1cc(NC(=O)CN2CC3(CC3)C2)c(O)c2c1C[C@H]1C[C@H]3[C@H](N(C)C)C(O)=C(C(N)=O)C4(O)O[C@]34C(O)=C1C2=O. The Morgan fingerprint density at radius 1 is 1.16 bits per heavy atom. The molecule has 3 fully saturated rings. The number of likely N-dealkylation sites (tertiary alicyclic amines) is 1. The van der Waals surface area contributed by atoms with Gasteiger partial charge in [0.1, 0.15) is 17.1 Å². The van der Waals surface area contributed by atoms with Gasteiger partial charge in [0.25, 0.3) is 5.91 Å². The number of likely N-dealkylation sites (N-methyl/N-ethyl adjacent to an activating group) is 1. The highest BCUT2D eigenvalue weighted by Gasteiger charge is 2.84. The molecule has 1 saturated carbocycles. The maximum absolute atomic E-state index is 14.2. The largest absolute Gasteiger partial charge is 0.510 e. The van der Waals surface area contributed by atoms with Crippen molar-refractivity contribution in [1.82, 2.24) is 9.80 Å². The van der Waals surface area contributed by atoms with E-state index in [4.69, 9.17) is 10.5 Å². The molecule has 6 aliphatic rings. The molecule has 2 heterocycles. The molecule has 4 aliphatic carbocycles. The minimum Gasteiger partial charge on any atom is -0.510 e. The summed E-state index contributed by atoms with van der Waals surface area (Å²) in [6.07, 6.45) is 2.85. The van der Waals surface area contributed by atoms with Crippen molar-refractivity contribution in [3.63, 3.8) is 0 Å². The van der Waals surface area contributed by atoms with Crippen LogP contribution in [0.1, 0.15) is 35.2 Å². The summed E-state index contributed by atoms with van der Waals surface area (Å²) in [7, 11) is 6.96. The van der Waals surface area contributed by atoms with Crippen LogP contribution in [-0.4, -0.2) is 113 Å². The fourth-order valence-electron chi connectivity index (χ4n) is 8.30. The number of fused-ring (bicyclic) bond motifs is 2. The van der Waals surface area contributed by atoms with Gasteiger partial charge in [-0.2, -0.15) is 0 Å². The average Bonchev–Trinajstić information content (AvgIpc) is 3.78. The van der Waals surface area contributed by atoms with Crippen LogP contribution in [0.25, 0.3) is 0 Å². The first-order chi connectivity index (χ1) is 20.2. The van der Waals surface area contributed by atoms with Gasteiger partial charge in [0.15, 0.2) is 17.1 Å². The van der Waals surface area contributed by atoms with E-state index in [0.29, 0.717) is 16.7 Å². The number of ketones is 1. The molecular formula is C30H37N5O8. The maximum atomic E-state index is 14.2. The lowest BCUT2D eigenvalue weighted by molar-refractivity contribution is -0.119. The molecule has 13 heteroatoms. The molecule has 230 valence electrons. The van der Waals surface area contributed by atoms with E-state index in [1.807, 2.05) is 0 Å². The molecule has 43 heavy (non-hydrogen) atoms. The number of hydrogen-bond donors (Lipinski definition) is 6. The first-order valence-electron chi connectivity index (χ1n) is 14.5. The fourth-order valence-corrected chi connectivity index (χ4v) is 8.30. The zero-order valence-corrected chi connectivity index (χ0v) is 24.6. The van der Waals surface area contributed by atoms with Crippen molar-refractivity contribution in [2.24, 2.45) is 23.0 Å². The summed E-state index contributed by atoms with van der Waals surface area (Å²) in [5.74, 6) is -7.16. The normalized spacial score (nSPS) is 33.3. The standard InChI is InChI=1S/C30H37N5O8/c1-33(2)17-9-16(32-18(36)10-35-11-28(12-35)5-6-28)23(37)20-14(17)7-13-8-15-22(34(3)4)25(39)21(27(31)41)30(42)29(15,43-30)26(40)19(13)24(20)38/h9,13,15,22,37,39-40,42H,5-8,10-12H2,1-4H3,(H2,31,41)(H,32,36)/t13-,15-,22-,29-,30?/m0/s1. The molecule has 7 N–H and O–H groups in total. The highest BCUT2D eigenvalue weighted by Crippen LogP contribution is 2.68. The van der Waals surface area contributed by atoms with Gasteiger partial charge in [-0.3, -0.25) is 24.2 Å². The van der Waals surface area contributed by atoms with Crippen molar-refractivity contribution in [1.29, 1.82) is 0 Å². The van der Waals surface area contributed by atoms with E-state index < -0.39 is 63.8 Å². The van der Waals surface area contributed by atoms with Crippen molar-refractivity contribution in [3.8, 4) is 5.75 Å². The monoisotopic (exact) mass is 595 g/mol. The Bertz CT molecular complexity index is 1570. The van der Waals surface area contributed by atoms with Crippen LogP contribution in [0, 0.1) is 17.3 Å². The van der Waals surface area contributed by atoms with Gasteiger partial charge in [-0.15, -0.1) is 0 Å². The molecule has 0 radical (unpaired) electrons. The van der Waals surface area contributed by atoms with Crippen molar-refractivity contribution in [3.05, 3.63) is 39.9 Å². The number of nitrogens with one attached hydrogen (secondary N) is 1. The molecule has 1 aromatic rings. The molecule has 2 saturated heterocycles. The number of hydrogen-bond acceptors (Lipinski definition) is 11. The van der Waals surface area contributed by atoms with Crippen molar-refractivity contribution >= 4 is 29.0 Å². The topological polar surface area (TPSA) is 192 Å². The van der Waals surface area contributed by atoms with Crippen molar-refractivity contribution < 1.29 is 39.5 Å². The van der Waals surface area contributed by atoms with Crippen LogP contribution in [0.2, 0.25) is 0 Å². The summed E-state index contributed by atoms with van der Waals surface area (Å²) in [5, 5.41) is 48.4. The van der Waals surface area contributed by atoms with Crippen LogP contribution in [-0.2, 0) is 20.7 Å². The van der Waals surface area contributed by atoms with E-state index in [1.54, 1.807) is 44.1 Å². The lowest BCUT2D eigenvalue weighted by Crippen LogP contribution is -2.57. The summed E-state index contributed by atoms with van der Waals surface area (Å²) in [4.78, 5) is 45.0. The van der Waals surface area contributed by atoms with E-state index in [2.05, 4.69) is 10.2 Å². The lowest BCUT2D eigenvalue weighted by Gasteiger charge is -2.46. The average molecular weight is 596 g/mol. The number of allylic oxidation sites excluding steroid dienone is 1. The molecule has 1 aromatic carbocycles. The Labute approximate surface area is 248 Å². The number of aliphatic hydroxyl groups excluding tert-OH is 2. The second kappa shape index (κ2) is 8.72. The molecule has 2 amide bonds. The number of primary amides is 1. The molecule has 5 atom stereocenters. The minimum atomic E-state index is -2.41. The number of carbonyl (C=O) groups excluding carboxylic acids is 3. The van der Waals surface area contributed by atoms with Crippen LogP contribution in [0.4, 0.5) is 11.4 Å². The number of carbonyl (C=O) groups is 3. The third-order valence-corrected chi connectivity index (χ3v) is 10.4. The zero-order valence-electron chi connectivity index (χ0n) is 24.6. The summed E-state index contributed by atoms with van der Waals surface area (Å²) in [5.41, 5.74) is 4.67. The van der Waals surface area contributed by atoms with Gasteiger partial charge in [-0.1, -0.05) is 0 Å². The first kappa shape index (κ1) is 28.1. The lowest BCUT2D eigenvalue weighted by atomic mass is 9.60. The molecule has 1 unspecified atom stereocenters. The van der Waals surface area contributed by atoms with Crippen molar-refractivity contribution in [2.45, 2.75) is 43.1 Å². The van der Waals surface area contributed by atoms with Crippen LogP contribution >= 0.6 is 0 Å². The first-order valence-corrected chi connectivity index (χ1v) is 14.5. The number of anilines is 2. The number of ether oxygens (including phenoxy) is 1. The molecule has 7 rings (SSSR count). The maximum Gasteiger partial charge on any atom is 0.253 e. The number of aliphatic hydroxyl groups is 3. The summed E-state index contributed by atoms with van der Waals surface area (Å²) in [6, 6.07) is 0.808. The highest BCUT2D eigenvalue weighted by atomic mass is 16.8. The van der Waals surface area contributed by atoms with E-state index in [9.17, 15) is 34.8 Å². The minimum absolute atomic E-state index is 0.0406. The van der Waals surface area contributed by atoms with E-state index in [1.165, 1.54) is 12.8 Å². The number of epoxide rings is 1. The Hall–Kier alpha value is -3.65. The molecule has 0 aromatic heterocycles. The molecule has 2 aliphatic heterocycles. The quantitative estimate of drug-likeness (QED) is 0.197. The second-order valence-corrected chi connectivity index (χ2v) is 13.6. The number of phenolic OH excluding ortho intramolecular Hbond substituents is 1. The number of phenols is 1. The van der Waals surface area contributed by atoms with E-state index in [-0.39, 0.29) is 42.1 Å². The number of aromatic hydroxyl groups is 1. The van der Waals surface area contributed by atoms with Gasteiger partial charge in [-0.25, -0.2) is 0 Å². The molecule has 13 nitrogen and oxygen atoms in total. The Morgan fingerprint density at radius 3 is 2.42 bits per heavy atom. The summed E-state index contributed by atoms with van der Waals surface area (Å²) in [6.45, 7) is 1.93. The Kier molecular flexibility index (Phi) is 5.70. The predicted molar refractivity (Wildman–Crippen MR) is 154 cm³/mol. The Balaban J connectivity index is 1.29. The van der Waals surface area contributed by atoms with Crippen LogP contribution < -0.4 is 16.0 Å². The number of Topliss-reactive ketones (excluding diaryl/α,β-unsaturated/α-hetero) is 1. The van der Waals surface area contributed by atoms with Gasteiger partial charge < -0.3 is 41.1 Å². The number of rotatable bonds is 6. The zero-order chi connectivity index (χ0) is 31.0. The van der Waals surface area contributed by atoms with Gasteiger partial charge in [0.05, 0.1) is 23.8 Å². The van der Waals surface area contributed by atoms with Gasteiger partial charge in [0, 0.05) is 44.4 Å². The van der Waals surface area contributed by atoms with Gasteiger partial charge in [-0.05, 0) is 62.7 Å². The van der Waals surface area contributed by atoms with Crippen molar-refractivity contribution in [2.75, 3.05) is 58.0 Å². The van der Waals surface area contributed by atoms with Crippen LogP contribution in [0.15, 0.2) is 28.7 Å². The predicted octanol–water partition coefficient (Wildman–Crippen LogP) is 0.378. The third-order valence-electron chi connectivity index (χ3n) is 10.4.